The third-order valence-electron chi connectivity index (χ3n) is 5.35. The highest BCUT2D eigenvalue weighted by molar-refractivity contribution is 6.76. The van der Waals surface area contributed by atoms with Crippen LogP contribution in [0.25, 0.3) is 11.1 Å². The lowest BCUT2D eigenvalue weighted by Gasteiger charge is -2.26. The molecule has 1 atom stereocenters. The Hall–Kier alpha value is -2.91. The molecule has 0 saturated heterocycles. The predicted molar refractivity (Wildman–Crippen MR) is 122 cm³/mol. The highest BCUT2D eigenvalue weighted by atomic mass is 28.3. The summed E-state index contributed by atoms with van der Waals surface area (Å²) < 4.78 is 0. The highest BCUT2D eigenvalue weighted by Crippen LogP contribution is 2.34. The fourth-order valence-electron chi connectivity index (χ4n) is 3.50. The Kier molecular flexibility index (Phi) is 6.13. The predicted octanol–water partition coefficient (Wildman–Crippen LogP) is 4.27. The Morgan fingerprint density at radius 2 is 1.83 bits per heavy atom. The summed E-state index contributed by atoms with van der Waals surface area (Å²) >= 11 is 0. The third-order valence-corrected chi connectivity index (χ3v) is 6.98. The van der Waals surface area contributed by atoms with E-state index in [0.717, 1.165) is 16.7 Å². The van der Waals surface area contributed by atoms with E-state index in [2.05, 4.69) is 36.3 Å². The molecule has 30 heavy (non-hydrogen) atoms. The fourth-order valence-corrected chi connectivity index (χ4v) is 5.01. The van der Waals surface area contributed by atoms with Gasteiger partial charge in [-0.25, -0.2) is 0 Å². The monoisotopic (exact) mass is 419 g/mol. The lowest BCUT2D eigenvalue weighted by molar-refractivity contribution is -0.123. The molecule has 1 aliphatic carbocycles. The Bertz CT molecular complexity index is 1000. The van der Waals surface area contributed by atoms with Crippen molar-refractivity contribution in [2.24, 2.45) is 0 Å². The van der Waals surface area contributed by atoms with E-state index in [1.54, 1.807) is 6.07 Å². The van der Waals surface area contributed by atoms with Crippen molar-refractivity contribution in [1.82, 2.24) is 10.6 Å². The van der Waals surface area contributed by atoms with Crippen molar-refractivity contribution in [2.75, 3.05) is 0 Å². The number of aryl methyl sites for hydroxylation is 1. The van der Waals surface area contributed by atoms with Crippen molar-refractivity contribution in [3.8, 4) is 17.2 Å². The summed E-state index contributed by atoms with van der Waals surface area (Å²) in [5, 5.41) is 15.1. The van der Waals surface area contributed by atoms with Crippen LogP contribution in [0.3, 0.4) is 0 Å². The first-order valence-corrected chi connectivity index (χ1v) is 14.0. The molecule has 0 bridgehead atoms. The van der Waals surface area contributed by atoms with Gasteiger partial charge >= 0.3 is 0 Å². The molecular weight excluding hydrogens is 390 g/mol. The van der Waals surface area contributed by atoms with Crippen molar-refractivity contribution in [3.05, 3.63) is 59.7 Å². The lowest BCUT2D eigenvalue weighted by Crippen LogP contribution is -2.52. The van der Waals surface area contributed by atoms with E-state index < -0.39 is 19.7 Å². The van der Waals surface area contributed by atoms with Gasteiger partial charge in [-0.3, -0.25) is 9.59 Å². The number of hydrogen-bond donors (Lipinski definition) is 2. The molecule has 2 N–H and O–H groups in total. The lowest BCUT2D eigenvalue weighted by atomic mass is 9.99. The Morgan fingerprint density at radius 1 is 1.13 bits per heavy atom. The second-order valence-electron chi connectivity index (χ2n) is 9.37. The molecule has 6 heteroatoms. The standard InChI is InChI=1S/C24H29N3O2Si/c1-17-8-5-6-11-20(17)18-9-7-10-19(14-18)22(28)26-21(15-30(2,3)4)23(29)27-24(16-25)12-13-24/h5-11,14,21H,12-13,15H2,1-4H3,(H,26,28)(H,27,29). The van der Waals surface area contributed by atoms with E-state index in [1.165, 1.54) is 0 Å². The van der Waals surface area contributed by atoms with Gasteiger partial charge in [-0.05, 0) is 54.6 Å². The van der Waals surface area contributed by atoms with Gasteiger partial charge in [0.05, 0.1) is 6.07 Å². The van der Waals surface area contributed by atoms with Gasteiger partial charge in [-0.1, -0.05) is 56.0 Å². The first kappa shape index (κ1) is 21.8. The van der Waals surface area contributed by atoms with Crippen LogP contribution in [-0.4, -0.2) is 31.5 Å². The number of nitrogens with one attached hydrogen (secondary N) is 2. The van der Waals surface area contributed by atoms with Crippen LogP contribution in [0.5, 0.6) is 0 Å². The molecule has 2 amide bonds. The van der Waals surface area contributed by atoms with Gasteiger partial charge in [-0.2, -0.15) is 5.26 Å². The zero-order valence-corrected chi connectivity index (χ0v) is 19.1. The quantitative estimate of drug-likeness (QED) is 0.658. The number of hydrogen-bond acceptors (Lipinski definition) is 3. The summed E-state index contributed by atoms with van der Waals surface area (Å²) in [7, 11) is -1.65. The van der Waals surface area contributed by atoms with Crippen molar-refractivity contribution in [1.29, 1.82) is 5.26 Å². The molecule has 1 unspecified atom stereocenters. The van der Waals surface area contributed by atoms with E-state index in [4.69, 9.17) is 0 Å². The molecule has 1 fully saturated rings. The van der Waals surface area contributed by atoms with Crippen molar-refractivity contribution in [3.63, 3.8) is 0 Å². The third kappa shape index (κ3) is 5.36. The van der Waals surface area contributed by atoms with E-state index in [-0.39, 0.29) is 11.8 Å². The zero-order chi connectivity index (χ0) is 21.9. The number of nitrogens with zero attached hydrogens (tertiary/aromatic N) is 1. The molecule has 5 nitrogen and oxygen atoms in total. The van der Waals surface area contributed by atoms with Gasteiger partial charge in [0.1, 0.15) is 11.6 Å². The fraction of sp³-hybridized carbons (Fsp3) is 0.375. The Labute approximate surface area is 179 Å². The Balaban J connectivity index is 1.80. The van der Waals surface area contributed by atoms with Crippen LogP contribution in [0.4, 0.5) is 0 Å². The SMILES string of the molecule is Cc1ccccc1-c1cccc(C(=O)NC(C[Si](C)(C)C)C(=O)NC2(C#N)CC2)c1. The summed E-state index contributed by atoms with van der Waals surface area (Å²) in [6, 6.07) is 17.7. The van der Waals surface area contributed by atoms with Gasteiger partial charge < -0.3 is 10.6 Å². The van der Waals surface area contributed by atoms with Gasteiger partial charge in [0, 0.05) is 13.6 Å². The van der Waals surface area contributed by atoms with Crippen LogP contribution in [0, 0.1) is 18.3 Å². The summed E-state index contributed by atoms with van der Waals surface area (Å²) in [6.45, 7) is 8.53. The molecule has 0 aliphatic heterocycles. The number of nitriles is 1. The van der Waals surface area contributed by atoms with E-state index in [9.17, 15) is 14.9 Å². The average molecular weight is 420 g/mol. The maximum absolute atomic E-state index is 13.0. The first-order chi connectivity index (χ1) is 14.1. The normalized spacial score (nSPS) is 15.6. The maximum atomic E-state index is 13.0. The van der Waals surface area contributed by atoms with Crippen LogP contribution in [0.1, 0.15) is 28.8 Å². The molecule has 2 aromatic rings. The second kappa shape index (κ2) is 8.45. The van der Waals surface area contributed by atoms with Crippen LogP contribution >= 0.6 is 0 Å². The zero-order valence-electron chi connectivity index (χ0n) is 18.1. The van der Waals surface area contributed by atoms with E-state index in [0.29, 0.717) is 24.4 Å². The molecule has 0 radical (unpaired) electrons. The topological polar surface area (TPSA) is 82.0 Å². The van der Waals surface area contributed by atoms with Crippen LogP contribution in [0.15, 0.2) is 48.5 Å². The molecule has 156 valence electrons. The Morgan fingerprint density at radius 3 is 2.43 bits per heavy atom. The minimum absolute atomic E-state index is 0.264. The molecule has 0 aromatic heterocycles. The molecule has 2 aromatic carbocycles. The number of carbonyl (C=O) groups is 2. The van der Waals surface area contributed by atoms with Crippen LogP contribution in [-0.2, 0) is 4.79 Å². The second-order valence-corrected chi connectivity index (χ2v) is 14.9. The van der Waals surface area contributed by atoms with Gasteiger partial charge in [-0.15, -0.1) is 0 Å². The van der Waals surface area contributed by atoms with Crippen molar-refractivity contribution >= 4 is 19.9 Å². The smallest absolute Gasteiger partial charge is 0.251 e. The number of rotatable bonds is 7. The molecule has 1 saturated carbocycles. The molecule has 3 rings (SSSR count). The summed E-state index contributed by atoms with van der Waals surface area (Å²) in [4.78, 5) is 25.9. The van der Waals surface area contributed by atoms with E-state index in [1.807, 2.05) is 49.4 Å². The number of carbonyl (C=O) groups excluding carboxylic acids is 2. The highest BCUT2D eigenvalue weighted by Gasteiger charge is 2.46. The minimum atomic E-state index is -1.65. The average Bonchev–Trinajstić information content (AvgIpc) is 3.47. The van der Waals surface area contributed by atoms with Crippen molar-refractivity contribution < 1.29 is 9.59 Å². The van der Waals surface area contributed by atoms with E-state index >= 15 is 0 Å². The van der Waals surface area contributed by atoms with Gasteiger partial charge in [0.15, 0.2) is 0 Å². The molecule has 1 aliphatic rings. The molecule has 0 spiro atoms. The molecule has 0 heterocycles. The molecular formula is C24H29N3O2Si. The van der Waals surface area contributed by atoms with Gasteiger partial charge in [0.25, 0.3) is 5.91 Å². The van der Waals surface area contributed by atoms with Gasteiger partial charge in [0.2, 0.25) is 5.91 Å². The number of benzene rings is 2. The van der Waals surface area contributed by atoms with Crippen LogP contribution < -0.4 is 10.6 Å². The first-order valence-electron chi connectivity index (χ1n) is 10.3. The largest absolute Gasteiger partial charge is 0.341 e. The van der Waals surface area contributed by atoms with Crippen LogP contribution in [0.2, 0.25) is 25.7 Å². The maximum Gasteiger partial charge on any atom is 0.251 e. The number of amides is 2. The van der Waals surface area contributed by atoms with Crippen molar-refractivity contribution in [2.45, 2.75) is 57.0 Å². The summed E-state index contributed by atoms with van der Waals surface area (Å²) in [6.07, 6.45) is 1.34. The summed E-state index contributed by atoms with van der Waals surface area (Å²) in [5.74, 6) is -0.537. The minimum Gasteiger partial charge on any atom is -0.341 e. The summed E-state index contributed by atoms with van der Waals surface area (Å²) in [5.41, 5.74) is 2.95.